The third-order valence-electron chi connectivity index (χ3n) is 1.84. The van der Waals surface area contributed by atoms with E-state index in [2.05, 4.69) is 22.9 Å². The molecule has 1 atom stereocenters. The Balaban J connectivity index is 2.26. The van der Waals surface area contributed by atoms with E-state index in [0.717, 1.165) is 6.42 Å². The predicted octanol–water partition coefficient (Wildman–Crippen LogP) is 1.06. The van der Waals surface area contributed by atoms with Crippen molar-refractivity contribution in [2.45, 2.75) is 18.6 Å². The summed E-state index contributed by atoms with van der Waals surface area (Å²) < 4.78 is 0. The molecule has 0 radical (unpaired) electrons. The largest absolute Gasteiger partial charge is 0.355 e. The number of nitrogens with one attached hydrogen (secondary N) is 1. The highest BCUT2D eigenvalue weighted by Gasteiger charge is 2.05. The molecule has 1 unspecified atom stereocenters. The molecule has 1 N–H and O–H groups in total. The first kappa shape index (κ1) is 11.0. The topological polar surface area (TPSA) is 42.0 Å². The van der Waals surface area contributed by atoms with Gasteiger partial charge in [0.05, 0.1) is 5.25 Å². The summed E-state index contributed by atoms with van der Waals surface area (Å²) in [7, 11) is 0. The van der Waals surface area contributed by atoms with Crippen molar-refractivity contribution in [1.82, 2.24) is 10.3 Å². The fourth-order valence-corrected chi connectivity index (χ4v) is 1.12. The first-order chi connectivity index (χ1) is 6.70. The van der Waals surface area contributed by atoms with E-state index in [0.29, 0.717) is 6.54 Å². The van der Waals surface area contributed by atoms with Crippen LogP contribution < -0.4 is 5.32 Å². The van der Waals surface area contributed by atoms with E-state index in [4.69, 9.17) is 0 Å². The maximum absolute atomic E-state index is 11.1. The molecule has 0 bridgehead atoms. The second-order valence-electron chi connectivity index (χ2n) is 3.07. The van der Waals surface area contributed by atoms with Crippen molar-refractivity contribution in [3.63, 3.8) is 0 Å². The molecule has 4 heteroatoms. The molecule has 0 aliphatic heterocycles. The van der Waals surface area contributed by atoms with Crippen LogP contribution in [0.5, 0.6) is 0 Å². The number of nitrogens with zero attached hydrogens (tertiary/aromatic N) is 1. The van der Waals surface area contributed by atoms with Gasteiger partial charge in [-0.2, -0.15) is 12.6 Å². The lowest BCUT2D eigenvalue weighted by Crippen LogP contribution is -2.31. The first-order valence-electron chi connectivity index (χ1n) is 4.55. The highest BCUT2D eigenvalue weighted by Crippen LogP contribution is 1.97. The lowest BCUT2D eigenvalue weighted by Gasteiger charge is -2.06. The number of hydrogen-bond acceptors (Lipinski definition) is 3. The van der Waals surface area contributed by atoms with Gasteiger partial charge in [-0.25, -0.2) is 0 Å². The molecule has 3 nitrogen and oxygen atoms in total. The SMILES string of the molecule is CC(S)C(=O)NCCc1ccncc1. The predicted molar refractivity (Wildman–Crippen MR) is 59.4 cm³/mol. The lowest BCUT2D eigenvalue weighted by molar-refractivity contribution is -0.120. The molecule has 0 aromatic carbocycles. The van der Waals surface area contributed by atoms with E-state index in [9.17, 15) is 4.79 Å². The first-order valence-corrected chi connectivity index (χ1v) is 5.06. The second kappa shape index (κ2) is 5.65. The fraction of sp³-hybridized carbons (Fsp3) is 0.400. The van der Waals surface area contributed by atoms with Gasteiger partial charge in [-0.05, 0) is 31.0 Å². The number of aromatic nitrogens is 1. The molecule has 0 saturated heterocycles. The molecule has 14 heavy (non-hydrogen) atoms. The average Bonchev–Trinajstić information content (AvgIpc) is 2.19. The van der Waals surface area contributed by atoms with Gasteiger partial charge in [0.2, 0.25) is 5.91 Å². The van der Waals surface area contributed by atoms with Gasteiger partial charge in [0.1, 0.15) is 0 Å². The molecule has 0 saturated carbocycles. The lowest BCUT2D eigenvalue weighted by atomic mass is 10.2. The Morgan fingerprint density at radius 1 is 1.57 bits per heavy atom. The molecule has 0 fully saturated rings. The second-order valence-corrected chi connectivity index (χ2v) is 3.85. The number of pyridine rings is 1. The maximum Gasteiger partial charge on any atom is 0.232 e. The van der Waals surface area contributed by atoms with Crippen molar-refractivity contribution in [3.8, 4) is 0 Å². The number of amides is 1. The Morgan fingerprint density at radius 3 is 2.79 bits per heavy atom. The van der Waals surface area contributed by atoms with E-state index in [1.807, 2.05) is 12.1 Å². The van der Waals surface area contributed by atoms with Crippen molar-refractivity contribution in [3.05, 3.63) is 30.1 Å². The van der Waals surface area contributed by atoms with Crippen LogP contribution in [0.2, 0.25) is 0 Å². The summed E-state index contributed by atoms with van der Waals surface area (Å²) in [5.74, 6) is -0.0256. The number of carbonyl (C=O) groups excluding carboxylic acids is 1. The van der Waals surface area contributed by atoms with Crippen molar-refractivity contribution < 1.29 is 4.79 Å². The fourth-order valence-electron chi connectivity index (χ4n) is 1.03. The third-order valence-corrected chi connectivity index (χ3v) is 2.08. The molecule has 0 aliphatic carbocycles. The highest BCUT2D eigenvalue weighted by atomic mass is 32.1. The van der Waals surface area contributed by atoms with Gasteiger partial charge in [-0.1, -0.05) is 0 Å². The molecule has 0 aliphatic rings. The molecule has 76 valence electrons. The smallest absolute Gasteiger partial charge is 0.232 e. The van der Waals surface area contributed by atoms with Gasteiger partial charge in [0, 0.05) is 18.9 Å². The van der Waals surface area contributed by atoms with Crippen LogP contribution in [-0.2, 0) is 11.2 Å². The minimum Gasteiger partial charge on any atom is -0.355 e. The van der Waals surface area contributed by atoms with Crippen LogP contribution in [-0.4, -0.2) is 22.7 Å². The zero-order chi connectivity index (χ0) is 10.4. The van der Waals surface area contributed by atoms with Gasteiger partial charge in [0.15, 0.2) is 0 Å². The molecule has 1 aromatic rings. The molecule has 1 heterocycles. The van der Waals surface area contributed by atoms with Crippen LogP contribution in [0.1, 0.15) is 12.5 Å². The van der Waals surface area contributed by atoms with E-state index < -0.39 is 0 Å². The van der Waals surface area contributed by atoms with Gasteiger partial charge in [-0.15, -0.1) is 0 Å². The van der Waals surface area contributed by atoms with E-state index in [1.54, 1.807) is 19.3 Å². The third kappa shape index (κ3) is 3.79. The summed E-state index contributed by atoms with van der Waals surface area (Å²) in [6, 6.07) is 3.88. The van der Waals surface area contributed by atoms with E-state index >= 15 is 0 Å². The Bertz CT molecular complexity index is 287. The van der Waals surface area contributed by atoms with Crippen LogP contribution in [0.25, 0.3) is 0 Å². The van der Waals surface area contributed by atoms with Gasteiger partial charge in [0.25, 0.3) is 0 Å². The van der Waals surface area contributed by atoms with Crippen molar-refractivity contribution in [2.75, 3.05) is 6.54 Å². The van der Waals surface area contributed by atoms with Crippen LogP contribution in [0.4, 0.5) is 0 Å². The number of carbonyl (C=O) groups is 1. The van der Waals surface area contributed by atoms with Crippen LogP contribution in [0, 0.1) is 0 Å². The summed E-state index contributed by atoms with van der Waals surface area (Å²) in [4.78, 5) is 15.1. The molecule has 1 rings (SSSR count). The Morgan fingerprint density at radius 2 is 2.21 bits per heavy atom. The van der Waals surface area contributed by atoms with Gasteiger partial charge in [-0.3, -0.25) is 9.78 Å². The summed E-state index contributed by atoms with van der Waals surface area (Å²) in [6.45, 7) is 2.40. The zero-order valence-electron chi connectivity index (χ0n) is 8.10. The number of hydrogen-bond donors (Lipinski definition) is 2. The summed E-state index contributed by atoms with van der Waals surface area (Å²) >= 11 is 4.03. The molecule has 1 amide bonds. The van der Waals surface area contributed by atoms with Gasteiger partial charge >= 0.3 is 0 Å². The maximum atomic E-state index is 11.1. The number of rotatable bonds is 4. The van der Waals surface area contributed by atoms with Crippen LogP contribution in [0.15, 0.2) is 24.5 Å². The Kier molecular flexibility index (Phi) is 4.46. The molecular weight excluding hydrogens is 196 g/mol. The average molecular weight is 210 g/mol. The van der Waals surface area contributed by atoms with Gasteiger partial charge < -0.3 is 5.32 Å². The van der Waals surface area contributed by atoms with E-state index in [1.165, 1.54) is 5.56 Å². The summed E-state index contributed by atoms with van der Waals surface area (Å²) in [6.07, 6.45) is 4.32. The molecule has 0 spiro atoms. The summed E-state index contributed by atoms with van der Waals surface area (Å²) in [5.41, 5.74) is 1.17. The van der Waals surface area contributed by atoms with Crippen molar-refractivity contribution >= 4 is 18.5 Å². The summed E-state index contributed by atoms with van der Waals surface area (Å²) in [5, 5.41) is 2.55. The van der Waals surface area contributed by atoms with E-state index in [-0.39, 0.29) is 11.2 Å². The normalized spacial score (nSPS) is 12.1. The minimum absolute atomic E-state index is 0.0256. The highest BCUT2D eigenvalue weighted by molar-refractivity contribution is 7.81. The van der Waals surface area contributed by atoms with Crippen LogP contribution >= 0.6 is 12.6 Å². The molecular formula is C10H14N2OS. The number of thiol groups is 1. The Hall–Kier alpha value is -1.03. The zero-order valence-corrected chi connectivity index (χ0v) is 9.00. The Labute approximate surface area is 89.3 Å². The van der Waals surface area contributed by atoms with Crippen molar-refractivity contribution in [2.24, 2.45) is 0 Å². The quantitative estimate of drug-likeness (QED) is 0.730. The molecule has 1 aromatic heterocycles. The van der Waals surface area contributed by atoms with Crippen LogP contribution in [0.3, 0.4) is 0 Å². The van der Waals surface area contributed by atoms with Crippen molar-refractivity contribution in [1.29, 1.82) is 0 Å². The standard InChI is InChI=1S/C10H14N2OS/c1-8(14)10(13)12-7-4-9-2-5-11-6-3-9/h2-3,5-6,8,14H,4,7H2,1H3,(H,12,13). The minimum atomic E-state index is -0.243. The monoisotopic (exact) mass is 210 g/mol.